The molecule has 2 rings (SSSR count). The Morgan fingerprint density at radius 2 is 1.89 bits per heavy atom. The fourth-order valence-electron chi connectivity index (χ4n) is 4.42. The Balaban J connectivity index is 2.10. The van der Waals surface area contributed by atoms with Gasteiger partial charge in [0, 0.05) is 26.1 Å². The first-order valence-corrected chi connectivity index (χ1v) is 10.7. The smallest absolute Gasteiger partial charge is 0.222 e. The highest BCUT2D eigenvalue weighted by atomic mass is 16.5. The molecule has 1 aromatic rings. The fourth-order valence-corrected chi connectivity index (χ4v) is 4.42. The minimum absolute atomic E-state index is 0.0613. The van der Waals surface area contributed by atoms with Crippen LogP contribution in [0.2, 0.25) is 0 Å². The van der Waals surface area contributed by atoms with Gasteiger partial charge in [-0.1, -0.05) is 57.5 Å². The summed E-state index contributed by atoms with van der Waals surface area (Å²) in [5.74, 6) is 0.967. The number of nitrogens with zero attached hydrogens (tertiary/aromatic N) is 1. The van der Waals surface area contributed by atoms with E-state index in [2.05, 4.69) is 56.9 Å². The lowest BCUT2D eigenvalue weighted by atomic mass is 9.68. The summed E-state index contributed by atoms with van der Waals surface area (Å²) >= 11 is 0. The second-order valence-electron chi connectivity index (χ2n) is 9.37. The molecule has 152 valence electrons. The van der Waals surface area contributed by atoms with Gasteiger partial charge in [-0.05, 0) is 56.4 Å². The van der Waals surface area contributed by atoms with Gasteiger partial charge in [-0.15, -0.1) is 0 Å². The van der Waals surface area contributed by atoms with Crippen molar-refractivity contribution in [2.45, 2.75) is 85.3 Å². The van der Waals surface area contributed by atoms with Crippen LogP contribution in [0.4, 0.5) is 0 Å². The quantitative estimate of drug-likeness (QED) is 0.545. The third-order valence-electron chi connectivity index (χ3n) is 5.96. The highest BCUT2D eigenvalue weighted by molar-refractivity contribution is 5.75. The molecule has 1 atom stereocenters. The summed E-state index contributed by atoms with van der Waals surface area (Å²) in [7, 11) is 0. The molecule has 0 spiro atoms. The van der Waals surface area contributed by atoms with Crippen molar-refractivity contribution in [2.75, 3.05) is 13.2 Å². The van der Waals surface area contributed by atoms with E-state index in [0.29, 0.717) is 18.9 Å². The number of benzene rings is 1. The fraction of sp³-hybridized carbons (Fsp3) is 0.708. The topological polar surface area (TPSA) is 29.5 Å². The summed E-state index contributed by atoms with van der Waals surface area (Å²) < 4.78 is 6.02. The highest BCUT2D eigenvalue weighted by Crippen LogP contribution is 2.45. The molecule has 0 N–H and O–H groups in total. The zero-order chi connectivity index (χ0) is 19.9. The van der Waals surface area contributed by atoms with Crippen LogP contribution in [0, 0.1) is 11.3 Å². The molecule has 3 nitrogen and oxygen atoms in total. The molecule has 1 aliphatic rings. The van der Waals surface area contributed by atoms with Gasteiger partial charge in [0.2, 0.25) is 5.91 Å². The molecule has 1 aliphatic heterocycles. The third-order valence-corrected chi connectivity index (χ3v) is 5.96. The number of hydrogen-bond donors (Lipinski definition) is 0. The number of hydrogen-bond acceptors (Lipinski definition) is 2. The summed E-state index contributed by atoms with van der Waals surface area (Å²) in [6.07, 6.45) is 6.33. The number of carbonyl (C=O) groups is 1. The lowest BCUT2D eigenvalue weighted by molar-refractivity contribution is -0.133. The van der Waals surface area contributed by atoms with E-state index in [9.17, 15) is 4.79 Å². The number of ether oxygens (including phenoxy) is 1. The van der Waals surface area contributed by atoms with E-state index in [-0.39, 0.29) is 16.9 Å². The van der Waals surface area contributed by atoms with Gasteiger partial charge in [0.25, 0.3) is 0 Å². The Labute approximate surface area is 166 Å². The van der Waals surface area contributed by atoms with Crippen LogP contribution >= 0.6 is 0 Å². The second kappa shape index (κ2) is 9.73. The van der Waals surface area contributed by atoms with Gasteiger partial charge in [-0.25, -0.2) is 0 Å². The first kappa shape index (κ1) is 21.9. The molecular formula is C24H39NO2. The molecule has 1 heterocycles. The van der Waals surface area contributed by atoms with Crippen LogP contribution in [0.15, 0.2) is 30.3 Å². The molecule has 3 heteroatoms. The van der Waals surface area contributed by atoms with Gasteiger partial charge in [-0.3, -0.25) is 4.79 Å². The zero-order valence-corrected chi connectivity index (χ0v) is 18.1. The Morgan fingerprint density at radius 3 is 2.48 bits per heavy atom. The van der Waals surface area contributed by atoms with Gasteiger partial charge < -0.3 is 9.64 Å². The Hall–Kier alpha value is -1.35. The molecule has 1 aromatic carbocycles. The molecule has 0 radical (unpaired) electrons. The normalized spacial score (nSPS) is 22.0. The maximum absolute atomic E-state index is 12.6. The van der Waals surface area contributed by atoms with Crippen molar-refractivity contribution in [3.05, 3.63) is 35.9 Å². The minimum atomic E-state index is -0.0613. The lowest BCUT2D eigenvalue weighted by Gasteiger charge is -2.46. The van der Waals surface area contributed by atoms with E-state index in [4.69, 9.17) is 4.74 Å². The SMILES string of the molecule is CCC(=O)N(CC[C@@]1(CCC(C)C)CCOC(C)(C)C1)Cc1ccccc1. The maximum Gasteiger partial charge on any atom is 0.222 e. The van der Waals surface area contributed by atoms with Crippen molar-refractivity contribution in [3.8, 4) is 0 Å². The summed E-state index contributed by atoms with van der Waals surface area (Å²) in [6.45, 7) is 13.4. The molecule has 0 aliphatic carbocycles. The summed E-state index contributed by atoms with van der Waals surface area (Å²) in [5, 5.41) is 0. The van der Waals surface area contributed by atoms with Crippen molar-refractivity contribution >= 4 is 5.91 Å². The Kier molecular flexibility index (Phi) is 7.91. The van der Waals surface area contributed by atoms with Crippen LogP contribution in [0.3, 0.4) is 0 Å². The van der Waals surface area contributed by atoms with Crippen molar-refractivity contribution < 1.29 is 9.53 Å². The van der Waals surface area contributed by atoms with Crippen LogP contribution in [-0.2, 0) is 16.1 Å². The van der Waals surface area contributed by atoms with E-state index in [1.807, 2.05) is 13.0 Å². The van der Waals surface area contributed by atoms with E-state index in [1.165, 1.54) is 18.4 Å². The van der Waals surface area contributed by atoms with Crippen molar-refractivity contribution in [1.82, 2.24) is 4.90 Å². The van der Waals surface area contributed by atoms with E-state index >= 15 is 0 Å². The van der Waals surface area contributed by atoms with Crippen LogP contribution in [0.1, 0.15) is 78.7 Å². The van der Waals surface area contributed by atoms with Crippen molar-refractivity contribution in [1.29, 1.82) is 0 Å². The molecule has 1 fully saturated rings. The Bertz CT molecular complexity index is 581. The highest BCUT2D eigenvalue weighted by Gasteiger charge is 2.40. The molecule has 1 saturated heterocycles. The molecule has 27 heavy (non-hydrogen) atoms. The summed E-state index contributed by atoms with van der Waals surface area (Å²) in [4.78, 5) is 14.7. The standard InChI is InChI=1S/C24H39NO2/c1-6-22(26)25(18-21-10-8-7-9-11-21)16-14-24(13-12-20(2)3)15-17-27-23(4,5)19-24/h7-11,20H,6,12-19H2,1-5H3/t24-/m0/s1. The van der Waals surface area contributed by atoms with E-state index in [1.54, 1.807) is 0 Å². The number of rotatable bonds is 9. The summed E-state index contributed by atoms with van der Waals surface area (Å²) in [6, 6.07) is 10.4. The maximum atomic E-state index is 12.6. The van der Waals surface area contributed by atoms with Gasteiger partial charge >= 0.3 is 0 Å². The predicted octanol–water partition coefficient (Wildman–Crippen LogP) is 5.83. The van der Waals surface area contributed by atoms with Crippen LogP contribution in [-0.4, -0.2) is 29.6 Å². The predicted molar refractivity (Wildman–Crippen MR) is 113 cm³/mol. The first-order valence-electron chi connectivity index (χ1n) is 10.7. The molecular weight excluding hydrogens is 334 g/mol. The first-order chi connectivity index (χ1) is 12.8. The average Bonchev–Trinajstić information content (AvgIpc) is 2.63. The average molecular weight is 374 g/mol. The molecule has 0 bridgehead atoms. The van der Waals surface area contributed by atoms with Gasteiger partial charge in [-0.2, -0.15) is 0 Å². The van der Waals surface area contributed by atoms with E-state index < -0.39 is 0 Å². The summed E-state index contributed by atoms with van der Waals surface area (Å²) in [5.41, 5.74) is 1.44. The molecule has 1 amide bonds. The number of amides is 1. The second-order valence-corrected chi connectivity index (χ2v) is 9.37. The Morgan fingerprint density at radius 1 is 1.19 bits per heavy atom. The third kappa shape index (κ3) is 6.95. The van der Waals surface area contributed by atoms with E-state index in [0.717, 1.165) is 32.4 Å². The van der Waals surface area contributed by atoms with Crippen LogP contribution in [0.25, 0.3) is 0 Å². The van der Waals surface area contributed by atoms with Crippen LogP contribution in [0.5, 0.6) is 0 Å². The zero-order valence-electron chi connectivity index (χ0n) is 18.1. The monoisotopic (exact) mass is 373 g/mol. The molecule has 0 aromatic heterocycles. The molecule has 0 unspecified atom stereocenters. The van der Waals surface area contributed by atoms with Crippen molar-refractivity contribution in [3.63, 3.8) is 0 Å². The van der Waals surface area contributed by atoms with Gasteiger partial charge in [0.05, 0.1) is 5.60 Å². The largest absolute Gasteiger partial charge is 0.376 e. The van der Waals surface area contributed by atoms with Crippen molar-refractivity contribution in [2.24, 2.45) is 11.3 Å². The van der Waals surface area contributed by atoms with Crippen LogP contribution < -0.4 is 0 Å². The number of carbonyl (C=O) groups excluding carboxylic acids is 1. The van der Waals surface area contributed by atoms with Gasteiger partial charge in [0.1, 0.15) is 0 Å². The molecule has 0 saturated carbocycles. The lowest BCUT2D eigenvalue weighted by Crippen LogP contribution is -2.43. The van der Waals surface area contributed by atoms with Gasteiger partial charge in [0.15, 0.2) is 0 Å². The minimum Gasteiger partial charge on any atom is -0.376 e.